The number of nitrogens with one attached hydrogen (secondary N) is 2. The van der Waals surface area contributed by atoms with Gasteiger partial charge in [-0.25, -0.2) is 13.2 Å². The van der Waals surface area contributed by atoms with E-state index in [1.165, 1.54) is 42.8 Å². The van der Waals surface area contributed by atoms with Crippen molar-refractivity contribution in [2.75, 3.05) is 49.4 Å². The van der Waals surface area contributed by atoms with Gasteiger partial charge in [0.25, 0.3) is 11.8 Å². The molecule has 0 spiro atoms. The van der Waals surface area contributed by atoms with Crippen molar-refractivity contribution in [2.45, 2.75) is 70.2 Å². The van der Waals surface area contributed by atoms with Crippen molar-refractivity contribution < 1.29 is 37.1 Å². The summed E-state index contributed by atoms with van der Waals surface area (Å²) >= 11 is 0. The Morgan fingerprint density at radius 2 is 1.32 bits per heavy atom. The highest BCUT2D eigenvalue weighted by atomic mass is 32.2. The number of nitrogens with zero attached hydrogens (tertiary/aromatic N) is 2. The van der Waals surface area contributed by atoms with Gasteiger partial charge in [0, 0.05) is 42.6 Å². The third-order valence-electron chi connectivity index (χ3n) is 10.6. The lowest BCUT2D eigenvalue weighted by atomic mass is 9.86. The fourth-order valence-corrected chi connectivity index (χ4v) is 9.04. The molecule has 1 saturated carbocycles. The molecule has 0 bridgehead atoms. The predicted octanol–water partition coefficient (Wildman–Crippen LogP) is 7.35. The summed E-state index contributed by atoms with van der Waals surface area (Å²) < 4.78 is 39.0. The quantitative estimate of drug-likeness (QED) is 0.111. The van der Waals surface area contributed by atoms with Crippen LogP contribution in [-0.4, -0.2) is 76.4 Å². The molecule has 0 aromatic heterocycles. The number of sulfonamides is 1. The van der Waals surface area contributed by atoms with Crippen LogP contribution in [0.15, 0.2) is 95.9 Å². The van der Waals surface area contributed by atoms with E-state index in [2.05, 4.69) is 15.5 Å². The monoisotopic (exact) mass is 796 g/mol. The molecule has 13 heteroatoms. The van der Waals surface area contributed by atoms with Crippen LogP contribution in [0.3, 0.4) is 0 Å². The molecule has 0 atom stereocenters. The summed E-state index contributed by atoms with van der Waals surface area (Å²) in [6.07, 6.45) is 3.65. The van der Waals surface area contributed by atoms with E-state index in [4.69, 9.17) is 9.47 Å². The second-order valence-corrected chi connectivity index (χ2v) is 15.9. The molecule has 1 fully saturated rings. The minimum Gasteiger partial charge on any atom is -0.469 e. The Kier molecular flexibility index (Phi) is 14.6. The van der Waals surface area contributed by atoms with Gasteiger partial charge in [0.1, 0.15) is 0 Å². The lowest BCUT2D eigenvalue weighted by molar-refractivity contribution is -0.146. The van der Waals surface area contributed by atoms with Crippen molar-refractivity contribution in [1.82, 2.24) is 4.31 Å². The molecule has 57 heavy (non-hydrogen) atoms. The van der Waals surface area contributed by atoms with Gasteiger partial charge in [-0.15, -0.1) is 0 Å². The summed E-state index contributed by atoms with van der Waals surface area (Å²) in [4.78, 5) is 53.5. The van der Waals surface area contributed by atoms with Crippen LogP contribution in [0.5, 0.6) is 0 Å². The maximum atomic E-state index is 13.9. The fourth-order valence-electron chi connectivity index (χ4n) is 7.30. The number of carbonyl (C=O) groups excluding carboxylic acids is 4. The van der Waals surface area contributed by atoms with E-state index in [0.717, 1.165) is 29.7 Å². The minimum absolute atomic E-state index is 0.0122. The Morgan fingerprint density at radius 3 is 1.89 bits per heavy atom. The Morgan fingerprint density at radius 1 is 0.684 bits per heavy atom. The summed E-state index contributed by atoms with van der Waals surface area (Å²) in [6, 6.07) is 25.8. The molecule has 4 aromatic carbocycles. The van der Waals surface area contributed by atoms with Gasteiger partial charge in [-0.3, -0.25) is 14.4 Å². The highest BCUT2D eigenvalue weighted by Gasteiger charge is 2.35. The molecule has 0 saturated heterocycles. The van der Waals surface area contributed by atoms with Crippen molar-refractivity contribution in [1.29, 1.82) is 0 Å². The molecule has 0 radical (unpaired) electrons. The first-order chi connectivity index (χ1) is 27.4. The first-order valence-electron chi connectivity index (χ1n) is 19.4. The van der Waals surface area contributed by atoms with Gasteiger partial charge < -0.3 is 25.0 Å². The normalized spacial score (nSPS) is 15.4. The summed E-state index contributed by atoms with van der Waals surface area (Å²) in [5.74, 6) is -1.88. The van der Waals surface area contributed by atoms with E-state index in [1.54, 1.807) is 31.2 Å². The van der Waals surface area contributed by atoms with Crippen LogP contribution in [0.1, 0.15) is 88.7 Å². The number of anilines is 3. The summed E-state index contributed by atoms with van der Waals surface area (Å²) in [6.45, 7) is 7.48. The van der Waals surface area contributed by atoms with E-state index in [9.17, 15) is 27.6 Å². The van der Waals surface area contributed by atoms with Crippen molar-refractivity contribution in [2.24, 2.45) is 5.92 Å². The Labute approximate surface area is 335 Å². The molecule has 1 aliphatic rings. The van der Waals surface area contributed by atoms with Gasteiger partial charge in [-0.05, 0) is 124 Å². The van der Waals surface area contributed by atoms with Crippen molar-refractivity contribution in [3.8, 4) is 0 Å². The molecular formula is C44H52N4O8S. The van der Waals surface area contributed by atoms with Crippen LogP contribution < -0.4 is 15.5 Å². The van der Waals surface area contributed by atoms with Gasteiger partial charge >= 0.3 is 11.9 Å². The lowest BCUT2D eigenvalue weighted by Crippen LogP contribution is -2.43. The minimum atomic E-state index is -3.97. The molecule has 0 aliphatic heterocycles. The largest absolute Gasteiger partial charge is 0.469 e. The zero-order chi connectivity index (χ0) is 41.1. The van der Waals surface area contributed by atoms with Crippen molar-refractivity contribution in [3.63, 3.8) is 0 Å². The molecule has 2 N–H and O–H groups in total. The fraction of sp³-hybridized carbons (Fsp3) is 0.364. The van der Waals surface area contributed by atoms with E-state index < -0.39 is 21.8 Å². The average molecular weight is 797 g/mol. The smallest absolute Gasteiger partial charge is 0.337 e. The second kappa shape index (κ2) is 19.6. The number of hydrogen-bond acceptors (Lipinski definition) is 9. The van der Waals surface area contributed by atoms with E-state index in [-0.39, 0.29) is 52.2 Å². The second-order valence-electron chi connectivity index (χ2n) is 14.0. The Bertz CT molecular complexity index is 2140. The molecule has 2 amide bonds. The molecule has 0 heterocycles. The number of amides is 2. The number of aryl methyl sites for hydroxylation is 2. The number of benzene rings is 4. The zero-order valence-corrected chi connectivity index (χ0v) is 34.1. The van der Waals surface area contributed by atoms with Crippen LogP contribution >= 0.6 is 0 Å². The first-order valence-corrected chi connectivity index (χ1v) is 20.8. The van der Waals surface area contributed by atoms with Gasteiger partial charge in [-0.1, -0.05) is 37.3 Å². The summed E-state index contributed by atoms with van der Waals surface area (Å²) in [7, 11) is -1.26. The molecule has 1 aliphatic carbocycles. The molecule has 302 valence electrons. The molecule has 12 nitrogen and oxygen atoms in total. The molecular weight excluding hydrogens is 745 g/mol. The lowest BCUT2D eigenvalue weighted by Gasteiger charge is -2.34. The van der Waals surface area contributed by atoms with Crippen LogP contribution in [0, 0.1) is 5.92 Å². The highest BCUT2D eigenvalue weighted by molar-refractivity contribution is 7.89. The number of ether oxygens (including phenoxy) is 2. The zero-order valence-electron chi connectivity index (χ0n) is 33.2. The average Bonchev–Trinajstić information content (AvgIpc) is 3.24. The third-order valence-corrected chi connectivity index (χ3v) is 12.6. The highest BCUT2D eigenvalue weighted by Crippen LogP contribution is 2.32. The van der Waals surface area contributed by atoms with Gasteiger partial charge in [-0.2, -0.15) is 4.31 Å². The maximum Gasteiger partial charge on any atom is 0.337 e. The molecule has 4 aromatic rings. The molecule has 0 unspecified atom stereocenters. The topological polar surface area (TPSA) is 151 Å². The van der Waals surface area contributed by atoms with Crippen molar-refractivity contribution >= 4 is 50.8 Å². The van der Waals surface area contributed by atoms with E-state index in [0.29, 0.717) is 50.0 Å². The van der Waals surface area contributed by atoms with Crippen LogP contribution in [0.4, 0.5) is 17.1 Å². The van der Waals surface area contributed by atoms with E-state index in [1.807, 2.05) is 56.3 Å². The Balaban J connectivity index is 1.30. The SMILES string of the molecule is CCN(CC)c1ccc(NC(=O)c2cccc(S(=O)(=O)N(CC)[C@H]3CC[C@H](C(=O)OC)CC3)c2)c(C(=O)Nc2ccc(CCc3ccc(C(=O)OC)cc3)cc2)c1. The van der Waals surface area contributed by atoms with Gasteiger partial charge in [0.05, 0.1) is 41.8 Å². The predicted molar refractivity (Wildman–Crippen MR) is 221 cm³/mol. The van der Waals surface area contributed by atoms with Gasteiger partial charge in [0.2, 0.25) is 10.0 Å². The van der Waals surface area contributed by atoms with E-state index >= 15 is 0 Å². The van der Waals surface area contributed by atoms with Crippen LogP contribution in [-0.2, 0) is 37.1 Å². The van der Waals surface area contributed by atoms with Gasteiger partial charge in [0.15, 0.2) is 0 Å². The Hall–Kier alpha value is -5.53. The summed E-state index contributed by atoms with van der Waals surface area (Å²) in [5.41, 5.74) is 4.67. The first kappa shape index (κ1) is 42.6. The number of esters is 2. The number of methoxy groups -OCH3 is 2. The number of rotatable bonds is 16. The van der Waals surface area contributed by atoms with Crippen molar-refractivity contribution in [3.05, 3.63) is 119 Å². The third kappa shape index (κ3) is 10.5. The van der Waals surface area contributed by atoms with Crippen LogP contribution in [0.25, 0.3) is 0 Å². The molecule has 5 rings (SSSR count). The maximum absolute atomic E-state index is 13.9. The van der Waals surface area contributed by atoms with Crippen LogP contribution in [0.2, 0.25) is 0 Å². The standard InChI is InChI=1S/C44H52N4O8S/c1-6-47(7-2)37-26-27-40(39(29-37)42(50)45-35-22-16-31(17-23-35)13-12-30-14-18-32(19-15-30)43(51)55-4)46-41(49)34-10-9-11-38(28-34)57(53,54)48(8-3)36-24-20-33(21-25-36)44(52)56-5/h9-11,14-19,22-23,26-29,33,36H,6-8,12-13,20-21,24-25H2,1-5H3,(H,45,50)(H,46,49)/t33-,36-. The number of carbonyl (C=O) groups is 4. The summed E-state index contributed by atoms with van der Waals surface area (Å²) in [5, 5.41) is 5.83. The number of hydrogen-bond donors (Lipinski definition) is 2.